The molecule has 2 N–H and O–H groups in total. The van der Waals surface area contributed by atoms with Gasteiger partial charge >= 0.3 is 5.97 Å². The fourth-order valence-electron chi connectivity index (χ4n) is 1.83. The van der Waals surface area contributed by atoms with Gasteiger partial charge in [-0.3, -0.25) is 9.69 Å². The summed E-state index contributed by atoms with van der Waals surface area (Å²) >= 11 is 0. The van der Waals surface area contributed by atoms with Gasteiger partial charge in [0.05, 0.1) is 7.11 Å². The maximum absolute atomic E-state index is 11.3. The molecule has 1 fully saturated rings. The number of likely N-dealkylation sites (tertiary alicyclic amines) is 1. The van der Waals surface area contributed by atoms with E-state index < -0.39 is 0 Å². The van der Waals surface area contributed by atoms with Crippen LogP contribution in [0.5, 0.6) is 0 Å². The third-order valence-electron chi connectivity index (χ3n) is 2.50. The molecule has 0 bridgehead atoms. The third kappa shape index (κ3) is 2.67. The first-order valence-corrected chi connectivity index (χ1v) is 4.81. The highest BCUT2D eigenvalue weighted by Gasteiger charge is 2.28. The Hall–Kier alpha value is -0.610. The highest BCUT2D eigenvalue weighted by Crippen LogP contribution is 2.17. The van der Waals surface area contributed by atoms with Crippen LogP contribution in [-0.2, 0) is 9.53 Å². The van der Waals surface area contributed by atoms with Crippen molar-refractivity contribution in [1.29, 1.82) is 0 Å². The first-order valence-electron chi connectivity index (χ1n) is 4.81. The van der Waals surface area contributed by atoms with Crippen LogP contribution >= 0.6 is 0 Å². The Balaban J connectivity index is 2.50. The number of rotatable bonds is 3. The molecule has 0 radical (unpaired) electrons. The molecular weight excluding hydrogens is 168 g/mol. The number of nitrogens with two attached hydrogens (primary N) is 1. The van der Waals surface area contributed by atoms with Crippen LogP contribution in [0, 0.1) is 0 Å². The standard InChI is InChI=1S/C9H18N2O2/c1-13-9(12)8-4-2-3-6-11(8)7-5-10/h8H,2-7,10H2,1H3. The van der Waals surface area contributed by atoms with E-state index >= 15 is 0 Å². The quantitative estimate of drug-likeness (QED) is 0.629. The number of ether oxygens (including phenoxy) is 1. The Bertz CT molecular complexity index is 171. The fraction of sp³-hybridized carbons (Fsp3) is 0.889. The number of esters is 1. The van der Waals surface area contributed by atoms with Crippen LogP contribution in [0.3, 0.4) is 0 Å². The number of piperidine rings is 1. The van der Waals surface area contributed by atoms with Gasteiger partial charge in [0.2, 0.25) is 0 Å². The molecule has 0 amide bonds. The van der Waals surface area contributed by atoms with Crippen molar-refractivity contribution in [3.8, 4) is 0 Å². The van der Waals surface area contributed by atoms with Crippen LogP contribution in [0.1, 0.15) is 19.3 Å². The maximum atomic E-state index is 11.3. The van der Waals surface area contributed by atoms with E-state index in [1.165, 1.54) is 7.11 Å². The summed E-state index contributed by atoms with van der Waals surface area (Å²) < 4.78 is 4.74. The van der Waals surface area contributed by atoms with Crippen LogP contribution in [0.4, 0.5) is 0 Å². The highest BCUT2D eigenvalue weighted by atomic mass is 16.5. The van der Waals surface area contributed by atoms with Gasteiger partial charge in [0, 0.05) is 13.1 Å². The summed E-state index contributed by atoms with van der Waals surface area (Å²) in [5.41, 5.74) is 5.47. The summed E-state index contributed by atoms with van der Waals surface area (Å²) in [6.07, 6.45) is 3.18. The summed E-state index contributed by atoms with van der Waals surface area (Å²) in [5.74, 6) is -0.117. The zero-order chi connectivity index (χ0) is 9.68. The van der Waals surface area contributed by atoms with E-state index in [0.29, 0.717) is 6.54 Å². The van der Waals surface area contributed by atoms with Crippen molar-refractivity contribution in [2.75, 3.05) is 26.7 Å². The predicted molar refractivity (Wildman–Crippen MR) is 50.3 cm³/mol. The lowest BCUT2D eigenvalue weighted by molar-refractivity contribution is -0.148. The van der Waals surface area contributed by atoms with E-state index in [2.05, 4.69) is 4.90 Å². The zero-order valence-electron chi connectivity index (χ0n) is 8.16. The lowest BCUT2D eigenvalue weighted by Gasteiger charge is -2.33. The number of methoxy groups -OCH3 is 1. The topological polar surface area (TPSA) is 55.6 Å². The number of carbonyl (C=O) groups excluding carboxylic acids is 1. The molecular formula is C9H18N2O2. The Morgan fingerprint density at radius 3 is 3.00 bits per heavy atom. The molecule has 4 heteroatoms. The van der Waals surface area contributed by atoms with E-state index in [0.717, 1.165) is 32.4 Å². The van der Waals surface area contributed by atoms with Gasteiger partial charge in [-0.25, -0.2) is 0 Å². The van der Waals surface area contributed by atoms with E-state index in [1.54, 1.807) is 0 Å². The minimum absolute atomic E-state index is 0.0534. The molecule has 0 aromatic heterocycles. The maximum Gasteiger partial charge on any atom is 0.323 e. The largest absolute Gasteiger partial charge is 0.468 e. The van der Waals surface area contributed by atoms with Gasteiger partial charge in [0.15, 0.2) is 0 Å². The van der Waals surface area contributed by atoms with Gasteiger partial charge in [-0.15, -0.1) is 0 Å². The van der Waals surface area contributed by atoms with Gasteiger partial charge in [-0.1, -0.05) is 6.42 Å². The zero-order valence-corrected chi connectivity index (χ0v) is 8.16. The van der Waals surface area contributed by atoms with Crippen LogP contribution < -0.4 is 5.73 Å². The molecule has 0 aromatic carbocycles. The SMILES string of the molecule is COC(=O)C1CCCCN1CCN. The van der Waals surface area contributed by atoms with Crippen LogP contribution in [-0.4, -0.2) is 43.7 Å². The Morgan fingerprint density at radius 1 is 1.62 bits per heavy atom. The summed E-state index contributed by atoms with van der Waals surface area (Å²) in [6, 6.07) is -0.0534. The van der Waals surface area contributed by atoms with E-state index in [-0.39, 0.29) is 12.0 Å². The van der Waals surface area contributed by atoms with E-state index in [4.69, 9.17) is 10.5 Å². The van der Waals surface area contributed by atoms with Crippen molar-refractivity contribution in [3.05, 3.63) is 0 Å². The number of hydrogen-bond donors (Lipinski definition) is 1. The molecule has 76 valence electrons. The number of nitrogens with zero attached hydrogens (tertiary/aromatic N) is 1. The minimum Gasteiger partial charge on any atom is -0.468 e. The van der Waals surface area contributed by atoms with Gasteiger partial charge in [0.25, 0.3) is 0 Å². The normalized spacial score (nSPS) is 24.3. The summed E-state index contributed by atoms with van der Waals surface area (Å²) in [4.78, 5) is 13.5. The average Bonchev–Trinajstić information content (AvgIpc) is 2.18. The Labute approximate surface area is 79.0 Å². The molecule has 4 nitrogen and oxygen atoms in total. The molecule has 1 unspecified atom stereocenters. The lowest BCUT2D eigenvalue weighted by atomic mass is 10.0. The Morgan fingerprint density at radius 2 is 2.38 bits per heavy atom. The van der Waals surface area contributed by atoms with Gasteiger partial charge in [0.1, 0.15) is 6.04 Å². The second-order valence-electron chi connectivity index (χ2n) is 3.36. The van der Waals surface area contributed by atoms with Crippen molar-refractivity contribution in [2.24, 2.45) is 5.73 Å². The van der Waals surface area contributed by atoms with Crippen LogP contribution in [0.2, 0.25) is 0 Å². The summed E-state index contributed by atoms with van der Waals surface area (Å²) in [6.45, 7) is 2.37. The molecule has 0 aromatic rings. The molecule has 1 atom stereocenters. The highest BCUT2D eigenvalue weighted by molar-refractivity contribution is 5.75. The number of hydrogen-bond acceptors (Lipinski definition) is 4. The predicted octanol–water partition coefficient (Wildman–Crippen LogP) is -0.0274. The van der Waals surface area contributed by atoms with Crippen molar-refractivity contribution in [1.82, 2.24) is 4.90 Å². The van der Waals surface area contributed by atoms with Crippen LogP contribution in [0.25, 0.3) is 0 Å². The minimum atomic E-state index is -0.117. The molecule has 1 rings (SSSR count). The molecule has 0 saturated carbocycles. The molecule has 0 spiro atoms. The fourth-order valence-corrected chi connectivity index (χ4v) is 1.83. The van der Waals surface area contributed by atoms with E-state index in [1.807, 2.05) is 0 Å². The Kier molecular flexibility index (Phi) is 4.18. The van der Waals surface area contributed by atoms with Gasteiger partial charge in [-0.05, 0) is 19.4 Å². The molecule has 13 heavy (non-hydrogen) atoms. The van der Waals surface area contributed by atoms with Gasteiger partial charge < -0.3 is 10.5 Å². The molecule has 1 heterocycles. The summed E-state index contributed by atoms with van der Waals surface area (Å²) in [5, 5.41) is 0. The summed E-state index contributed by atoms with van der Waals surface area (Å²) in [7, 11) is 1.44. The average molecular weight is 186 g/mol. The van der Waals surface area contributed by atoms with Gasteiger partial charge in [-0.2, -0.15) is 0 Å². The van der Waals surface area contributed by atoms with Crippen molar-refractivity contribution < 1.29 is 9.53 Å². The molecule has 1 saturated heterocycles. The second kappa shape index (κ2) is 5.19. The van der Waals surface area contributed by atoms with Crippen LogP contribution in [0.15, 0.2) is 0 Å². The second-order valence-corrected chi connectivity index (χ2v) is 3.36. The monoisotopic (exact) mass is 186 g/mol. The molecule has 1 aliphatic heterocycles. The van der Waals surface area contributed by atoms with E-state index in [9.17, 15) is 4.79 Å². The smallest absolute Gasteiger partial charge is 0.323 e. The molecule has 1 aliphatic rings. The third-order valence-corrected chi connectivity index (χ3v) is 2.50. The van der Waals surface area contributed by atoms with Crippen molar-refractivity contribution in [3.63, 3.8) is 0 Å². The van der Waals surface area contributed by atoms with Crippen molar-refractivity contribution >= 4 is 5.97 Å². The first kappa shape index (κ1) is 10.5. The van der Waals surface area contributed by atoms with Crippen molar-refractivity contribution in [2.45, 2.75) is 25.3 Å². The lowest BCUT2D eigenvalue weighted by Crippen LogP contribution is -2.47. The number of carbonyl (C=O) groups is 1. The molecule has 0 aliphatic carbocycles. The first-order chi connectivity index (χ1) is 6.29.